The smallest absolute Gasteiger partial charge is 0.461 e. The highest BCUT2D eigenvalue weighted by Crippen LogP contribution is 2.38. The molecule has 0 aromatic heterocycles. The van der Waals surface area contributed by atoms with Crippen molar-refractivity contribution in [1.82, 2.24) is 0 Å². The molecule has 0 aliphatic carbocycles. The van der Waals surface area contributed by atoms with Crippen LogP contribution < -0.4 is 4.74 Å². The van der Waals surface area contributed by atoms with Gasteiger partial charge in [-0.1, -0.05) is 12.1 Å². The van der Waals surface area contributed by atoms with Crippen LogP contribution in [-0.4, -0.2) is 18.9 Å². The van der Waals surface area contributed by atoms with E-state index in [1.54, 1.807) is 0 Å². The zero-order chi connectivity index (χ0) is 14.7. The summed E-state index contributed by atoms with van der Waals surface area (Å²) in [5, 5.41) is 0. The van der Waals surface area contributed by atoms with Gasteiger partial charge < -0.3 is 9.47 Å². The van der Waals surface area contributed by atoms with Gasteiger partial charge in [0.2, 0.25) is 0 Å². The van der Waals surface area contributed by atoms with Crippen LogP contribution >= 0.6 is 0 Å². The Bertz CT molecular complexity index is 456. The monoisotopic (exact) mass is 284 g/mol. The highest BCUT2D eigenvalue weighted by molar-refractivity contribution is 5.80. The molecule has 0 N–H and O–H groups in total. The van der Waals surface area contributed by atoms with Crippen molar-refractivity contribution in [1.29, 1.82) is 0 Å². The molecule has 8 heteroatoms. The Balaban J connectivity index is 3.16. The molecule has 0 aliphatic rings. The largest absolute Gasteiger partial charge is 0.573 e. The van der Waals surface area contributed by atoms with Gasteiger partial charge in [-0.15, -0.1) is 13.2 Å². The molecule has 0 heterocycles. The van der Waals surface area contributed by atoms with Crippen LogP contribution in [0.25, 0.3) is 0 Å². The maximum Gasteiger partial charge on any atom is 0.573 e. The van der Waals surface area contributed by atoms with Gasteiger partial charge in [-0.25, -0.2) is 4.79 Å². The first-order valence-corrected chi connectivity index (χ1v) is 5.08. The molecular formula is C11H9F5O3. The van der Waals surface area contributed by atoms with Crippen molar-refractivity contribution in [2.24, 2.45) is 0 Å². The van der Waals surface area contributed by atoms with Gasteiger partial charge in [0.05, 0.1) is 12.2 Å². The van der Waals surface area contributed by atoms with Crippen molar-refractivity contribution in [3.8, 4) is 5.75 Å². The molecule has 1 aromatic rings. The van der Waals surface area contributed by atoms with E-state index in [-0.39, 0.29) is 6.61 Å². The van der Waals surface area contributed by atoms with Gasteiger partial charge >= 0.3 is 18.3 Å². The van der Waals surface area contributed by atoms with Crippen LogP contribution in [0.1, 0.15) is 12.5 Å². The minimum atomic E-state index is -5.14. The SMILES string of the molecule is CCOC(=O)C(F)(F)c1ccccc1OC(F)(F)F. The Kier molecular flexibility index (Phi) is 4.33. The van der Waals surface area contributed by atoms with E-state index in [0.29, 0.717) is 12.1 Å². The fourth-order valence-corrected chi connectivity index (χ4v) is 1.27. The summed E-state index contributed by atoms with van der Waals surface area (Å²) in [4.78, 5) is 11.1. The summed E-state index contributed by atoms with van der Waals surface area (Å²) in [6, 6.07) is 3.49. The van der Waals surface area contributed by atoms with Gasteiger partial charge in [0.25, 0.3) is 0 Å². The van der Waals surface area contributed by atoms with Gasteiger partial charge in [0.15, 0.2) is 0 Å². The number of carbonyl (C=O) groups excluding carboxylic acids is 1. The first-order chi connectivity index (χ1) is 8.68. The molecule has 0 radical (unpaired) electrons. The van der Waals surface area contributed by atoms with E-state index in [9.17, 15) is 26.7 Å². The molecule has 1 aromatic carbocycles. The number of rotatable bonds is 4. The van der Waals surface area contributed by atoms with E-state index in [1.165, 1.54) is 6.92 Å². The average Bonchev–Trinajstić information content (AvgIpc) is 2.27. The fourth-order valence-electron chi connectivity index (χ4n) is 1.27. The van der Waals surface area contributed by atoms with Crippen molar-refractivity contribution in [2.75, 3.05) is 6.61 Å². The maximum absolute atomic E-state index is 13.7. The number of alkyl halides is 5. The average molecular weight is 284 g/mol. The second-order valence-corrected chi connectivity index (χ2v) is 3.34. The van der Waals surface area contributed by atoms with Crippen molar-refractivity contribution in [3.05, 3.63) is 29.8 Å². The molecule has 0 saturated carbocycles. The van der Waals surface area contributed by atoms with E-state index in [2.05, 4.69) is 9.47 Å². The van der Waals surface area contributed by atoms with Crippen LogP contribution in [-0.2, 0) is 15.5 Å². The molecule has 0 bridgehead atoms. The third-order valence-corrected chi connectivity index (χ3v) is 1.98. The minimum absolute atomic E-state index is 0.323. The molecule has 0 saturated heterocycles. The molecule has 0 unspecified atom stereocenters. The summed E-state index contributed by atoms with van der Waals surface area (Å²) < 4.78 is 71.1. The Morgan fingerprint density at radius 2 is 1.74 bits per heavy atom. The van der Waals surface area contributed by atoms with Gasteiger partial charge in [-0.05, 0) is 19.1 Å². The third-order valence-electron chi connectivity index (χ3n) is 1.98. The normalized spacial score (nSPS) is 12.1. The Labute approximate surface area is 104 Å². The Morgan fingerprint density at radius 1 is 1.16 bits per heavy atom. The van der Waals surface area contributed by atoms with E-state index < -0.39 is 29.6 Å². The lowest BCUT2D eigenvalue weighted by Crippen LogP contribution is -2.30. The highest BCUT2D eigenvalue weighted by Gasteiger charge is 2.46. The summed E-state index contributed by atoms with van der Waals surface area (Å²) in [7, 11) is 0. The fraction of sp³-hybridized carbons (Fsp3) is 0.364. The molecule has 0 aliphatic heterocycles. The number of para-hydroxylation sites is 1. The van der Waals surface area contributed by atoms with Gasteiger partial charge in [0, 0.05) is 0 Å². The lowest BCUT2D eigenvalue weighted by Gasteiger charge is -2.19. The maximum atomic E-state index is 13.7. The molecule has 19 heavy (non-hydrogen) atoms. The number of hydrogen-bond acceptors (Lipinski definition) is 3. The number of halogens is 5. The van der Waals surface area contributed by atoms with E-state index in [1.807, 2.05) is 0 Å². The van der Waals surface area contributed by atoms with Crippen LogP contribution in [0.3, 0.4) is 0 Å². The number of esters is 1. The van der Waals surface area contributed by atoms with Crippen molar-refractivity contribution in [3.63, 3.8) is 0 Å². The Hall–Kier alpha value is -1.86. The van der Waals surface area contributed by atoms with E-state index in [0.717, 1.165) is 12.1 Å². The van der Waals surface area contributed by atoms with E-state index in [4.69, 9.17) is 0 Å². The summed E-state index contributed by atoms with van der Waals surface area (Å²) in [6.45, 7) is 0.975. The zero-order valence-electron chi connectivity index (χ0n) is 9.63. The predicted octanol–water partition coefficient (Wildman–Crippen LogP) is 3.24. The molecule has 0 fully saturated rings. The molecular weight excluding hydrogens is 275 g/mol. The molecule has 3 nitrogen and oxygen atoms in total. The van der Waals surface area contributed by atoms with Crippen LogP contribution in [0.5, 0.6) is 5.75 Å². The van der Waals surface area contributed by atoms with Gasteiger partial charge in [-0.2, -0.15) is 8.78 Å². The summed E-state index contributed by atoms with van der Waals surface area (Å²) >= 11 is 0. The summed E-state index contributed by atoms with van der Waals surface area (Å²) in [5.41, 5.74) is -1.20. The first-order valence-electron chi connectivity index (χ1n) is 5.08. The summed E-state index contributed by atoms with van der Waals surface area (Å²) in [6.07, 6.45) is -5.14. The molecule has 1 rings (SSSR count). The first kappa shape index (κ1) is 15.2. The molecule has 0 spiro atoms. The lowest BCUT2D eigenvalue weighted by atomic mass is 10.1. The molecule has 106 valence electrons. The number of ether oxygens (including phenoxy) is 2. The highest BCUT2D eigenvalue weighted by atomic mass is 19.4. The topological polar surface area (TPSA) is 35.5 Å². The summed E-state index contributed by atoms with van der Waals surface area (Å²) in [5.74, 6) is -7.31. The molecule has 0 amide bonds. The minimum Gasteiger partial charge on any atom is -0.461 e. The number of benzene rings is 1. The third kappa shape index (κ3) is 3.80. The Morgan fingerprint density at radius 3 is 2.26 bits per heavy atom. The second-order valence-electron chi connectivity index (χ2n) is 3.34. The van der Waals surface area contributed by atoms with Crippen molar-refractivity contribution >= 4 is 5.97 Å². The molecule has 0 atom stereocenters. The number of hydrogen-bond donors (Lipinski definition) is 0. The van der Waals surface area contributed by atoms with E-state index >= 15 is 0 Å². The van der Waals surface area contributed by atoms with Crippen molar-refractivity contribution in [2.45, 2.75) is 19.2 Å². The van der Waals surface area contributed by atoms with Crippen molar-refractivity contribution < 1.29 is 36.2 Å². The van der Waals surface area contributed by atoms with Gasteiger partial charge in [0.1, 0.15) is 5.75 Å². The lowest BCUT2D eigenvalue weighted by molar-refractivity contribution is -0.275. The number of carbonyl (C=O) groups is 1. The van der Waals surface area contributed by atoms with Crippen LogP contribution in [0, 0.1) is 0 Å². The standard InChI is InChI=1S/C11H9F5O3/c1-2-18-9(17)10(12,13)7-5-3-4-6-8(7)19-11(14,15)16/h3-6H,2H2,1H3. The quantitative estimate of drug-likeness (QED) is 0.629. The predicted molar refractivity (Wildman–Crippen MR) is 53.7 cm³/mol. The second kappa shape index (κ2) is 5.41. The van der Waals surface area contributed by atoms with Crippen LogP contribution in [0.15, 0.2) is 24.3 Å². The van der Waals surface area contributed by atoms with Gasteiger partial charge in [-0.3, -0.25) is 0 Å². The zero-order valence-corrected chi connectivity index (χ0v) is 9.63. The van der Waals surface area contributed by atoms with Crippen LogP contribution in [0.4, 0.5) is 22.0 Å². The van der Waals surface area contributed by atoms with Crippen LogP contribution in [0.2, 0.25) is 0 Å².